The number of hydrogen-bond acceptors (Lipinski definition) is 5. The van der Waals surface area contributed by atoms with Crippen molar-refractivity contribution in [1.82, 2.24) is 15.2 Å². The molecule has 1 amide bonds. The van der Waals surface area contributed by atoms with Crippen molar-refractivity contribution in [3.05, 3.63) is 59.8 Å². The molecule has 0 saturated carbocycles. The van der Waals surface area contributed by atoms with Crippen LogP contribution >= 0.6 is 0 Å². The van der Waals surface area contributed by atoms with Gasteiger partial charge in [-0.15, -0.1) is 0 Å². The lowest BCUT2D eigenvalue weighted by atomic mass is 10.1. The lowest BCUT2D eigenvalue weighted by Gasteiger charge is -2.23. The maximum Gasteiger partial charge on any atom is 0.237 e. The summed E-state index contributed by atoms with van der Waals surface area (Å²) in [5.74, 6) is 0.623. The first-order valence-electron chi connectivity index (χ1n) is 8.92. The highest BCUT2D eigenvalue weighted by molar-refractivity contribution is 5.82. The van der Waals surface area contributed by atoms with Crippen molar-refractivity contribution in [3.8, 4) is 6.07 Å². The fourth-order valence-electron chi connectivity index (χ4n) is 3.25. The largest absolute Gasteiger partial charge is 0.367 e. The molecule has 1 aliphatic rings. The summed E-state index contributed by atoms with van der Waals surface area (Å²) in [7, 11) is 0. The minimum atomic E-state index is -0.0697. The van der Waals surface area contributed by atoms with Crippen LogP contribution in [-0.2, 0) is 11.3 Å². The number of carbonyl (C=O) groups excluding carboxylic acids is 1. The minimum Gasteiger partial charge on any atom is -0.367 e. The van der Waals surface area contributed by atoms with Gasteiger partial charge >= 0.3 is 0 Å². The van der Waals surface area contributed by atoms with Gasteiger partial charge in [0.25, 0.3) is 0 Å². The van der Waals surface area contributed by atoms with Gasteiger partial charge in [0.05, 0.1) is 11.6 Å². The lowest BCUT2D eigenvalue weighted by molar-refractivity contribution is -0.125. The van der Waals surface area contributed by atoms with Gasteiger partial charge in [-0.1, -0.05) is 30.3 Å². The van der Waals surface area contributed by atoms with Gasteiger partial charge in [0.15, 0.2) is 0 Å². The molecular formula is C20H23N5O. The Morgan fingerprint density at radius 3 is 2.88 bits per heavy atom. The van der Waals surface area contributed by atoms with Crippen LogP contribution in [0.2, 0.25) is 0 Å². The normalized spacial score (nSPS) is 16.8. The van der Waals surface area contributed by atoms with E-state index < -0.39 is 0 Å². The number of likely N-dealkylation sites (tertiary alicyclic amines) is 1. The van der Waals surface area contributed by atoms with Gasteiger partial charge in [-0.2, -0.15) is 5.26 Å². The number of nitriles is 1. The van der Waals surface area contributed by atoms with Crippen molar-refractivity contribution >= 4 is 11.7 Å². The number of amides is 1. The summed E-state index contributed by atoms with van der Waals surface area (Å²) in [5, 5.41) is 15.1. The first-order chi connectivity index (χ1) is 12.8. The zero-order chi connectivity index (χ0) is 18.2. The van der Waals surface area contributed by atoms with E-state index >= 15 is 0 Å². The zero-order valence-electron chi connectivity index (χ0n) is 14.7. The molecule has 0 bridgehead atoms. The molecule has 6 heteroatoms. The van der Waals surface area contributed by atoms with E-state index in [0.29, 0.717) is 24.5 Å². The Kier molecular flexibility index (Phi) is 6.18. The zero-order valence-corrected chi connectivity index (χ0v) is 14.7. The number of hydrogen-bond donors (Lipinski definition) is 2. The summed E-state index contributed by atoms with van der Waals surface area (Å²) in [6.07, 6.45) is 3.58. The van der Waals surface area contributed by atoms with E-state index in [-0.39, 0.29) is 11.9 Å². The van der Waals surface area contributed by atoms with E-state index in [1.807, 2.05) is 18.2 Å². The number of anilines is 1. The summed E-state index contributed by atoms with van der Waals surface area (Å²) in [5.41, 5.74) is 1.73. The maximum absolute atomic E-state index is 12.5. The van der Waals surface area contributed by atoms with Crippen LogP contribution in [0.1, 0.15) is 24.0 Å². The Balaban J connectivity index is 1.46. The molecule has 1 aromatic carbocycles. The van der Waals surface area contributed by atoms with Crippen LogP contribution in [0.15, 0.2) is 48.7 Å². The molecule has 26 heavy (non-hydrogen) atoms. The smallest absolute Gasteiger partial charge is 0.237 e. The van der Waals surface area contributed by atoms with Crippen molar-refractivity contribution < 1.29 is 4.79 Å². The molecule has 134 valence electrons. The van der Waals surface area contributed by atoms with Gasteiger partial charge in [0.2, 0.25) is 5.91 Å². The minimum absolute atomic E-state index is 0.0697. The highest BCUT2D eigenvalue weighted by Crippen LogP contribution is 2.20. The van der Waals surface area contributed by atoms with E-state index in [1.54, 1.807) is 18.3 Å². The molecule has 0 radical (unpaired) electrons. The van der Waals surface area contributed by atoms with Crippen LogP contribution < -0.4 is 10.6 Å². The standard InChI is InChI=1S/C20H23N5O/c21-14-17-8-4-10-22-19(17)23-11-12-24-20(26)18-9-5-13-25(18)15-16-6-2-1-3-7-16/h1-4,6-8,10,18H,5,9,11-13,15H2,(H,22,23)(H,24,26)/t18-/m0/s1. The Hall–Kier alpha value is -2.91. The molecule has 6 nitrogen and oxygen atoms in total. The van der Waals surface area contributed by atoms with Crippen molar-refractivity contribution in [2.75, 3.05) is 25.0 Å². The summed E-state index contributed by atoms with van der Waals surface area (Å²) in [4.78, 5) is 18.9. The van der Waals surface area contributed by atoms with Gasteiger partial charge in [-0.3, -0.25) is 9.69 Å². The molecule has 2 N–H and O–H groups in total. The van der Waals surface area contributed by atoms with Crippen molar-refractivity contribution in [2.24, 2.45) is 0 Å². The molecule has 1 aromatic heterocycles. The topological polar surface area (TPSA) is 81.0 Å². The van der Waals surface area contributed by atoms with Gasteiger partial charge < -0.3 is 10.6 Å². The first-order valence-corrected chi connectivity index (χ1v) is 8.92. The maximum atomic E-state index is 12.5. The highest BCUT2D eigenvalue weighted by Gasteiger charge is 2.30. The van der Waals surface area contributed by atoms with E-state index in [2.05, 4.69) is 38.7 Å². The molecule has 1 saturated heterocycles. The third-order valence-corrected chi connectivity index (χ3v) is 4.54. The average molecular weight is 349 g/mol. The number of nitrogens with one attached hydrogen (secondary N) is 2. The predicted octanol–water partition coefficient (Wildman–Crippen LogP) is 2.15. The second-order valence-electron chi connectivity index (χ2n) is 6.34. The number of pyridine rings is 1. The number of aromatic nitrogens is 1. The van der Waals surface area contributed by atoms with Crippen molar-refractivity contribution in [1.29, 1.82) is 5.26 Å². The Morgan fingerprint density at radius 2 is 2.08 bits per heavy atom. The fraction of sp³-hybridized carbons (Fsp3) is 0.350. The molecule has 1 fully saturated rings. The molecule has 2 heterocycles. The first kappa shape index (κ1) is 17.9. The molecule has 1 aliphatic heterocycles. The second-order valence-corrected chi connectivity index (χ2v) is 6.34. The summed E-state index contributed by atoms with van der Waals surface area (Å²) in [6, 6.07) is 15.7. The van der Waals surface area contributed by atoms with Crippen LogP contribution in [0.25, 0.3) is 0 Å². The van der Waals surface area contributed by atoms with E-state index in [9.17, 15) is 4.79 Å². The van der Waals surface area contributed by atoms with Gasteiger partial charge in [0.1, 0.15) is 11.9 Å². The summed E-state index contributed by atoms with van der Waals surface area (Å²) < 4.78 is 0. The molecule has 0 spiro atoms. The second kappa shape index (κ2) is 8.97. The lowest BCUT2D eigenvalue weighted by Crippen LogP contribution is -2.44. The van der Waals surface area contributed by atoms with Crippen LogP contribution in [0.4, 0.5) is 5.82 Å². The van der Waals surface area contributed by atoms with Crippen LogP contribution in [0, 0.1) is 11.3 Å². The quantitative estimate of drug-likeness (QED) is 0.749. The fourth-order valence-corrected chi connectivity index (χ4v) is 3.25. The highest BCUT2D eigenvalue weighted by atomic mass is 16.2. The summed E-state index contributed by atoms with van der Waals surface area (Å²) >= 11 is 0. The Labute approximate surface area is 153 Å². The molecule has 2 aromatic rings. The Morgan fingerprint density at radius 1 is 1.23 bits per heavy atom. The van der Waals surface area contributed by atoms with Crippen molar-refractivity contribution in [2.45, 2.75) is 25.4 Å². The van der Waals surface area contributed by atoms with Crippen LogP contribution in [0.5, 0.6) is 0 Å². The van der Waals surface area contributed by atoms with Gasteiger partial charge in [-0.25, -0.2) is 4.98 Å². The van der Waals surface area contributed by atoms with Gasteiger partial charge in [-0.05, 0) is 37.1 Å². The molecule has 3 rings (SSSR count). The van der Waals surface area contributed by atoms with Crippen LogP contribution in [-0.4, -0.2) is 41.5 Å². The average Bonchev–Trinajstić information content (AvgIpc) is 3.14. The number of carbonyl (C=O) groups is 1. The molecule has 0 aliphatic carbocycles. The van der Waals surface area contributed by atoms with E-state index in [1.165, 1.54) is 5.56 Å². The summed E-state index contributed by atoms with van der Waals surface area (Å²) in [6.45, 7) is 2.78. The molecular weight excluding hydrogens is 326 g/mol. The molecule has 0 unspecified atom stereocenters. The van der Waals surface area contributed by atoms with E-state index in [0.717, 1.165) is 25.9 Å². The number of rotatable bonds is 7. The molecule has 1 atom stereocenters. The van der Waals surface area contributed by atoms with E-state index in [4.69, 9.17) is 5.26 Å². The monoisotopic (exact) mass is 349 g/mol. The number of benzene rings is 1. The third-order valence-electron chi connectivity index (χ3n) is 4.54. The predicted molar refractivity (Wildman–Crippen MR) is 100 cm³/mol. The van der Waals surface area contributed by atoms with Gasteiger partial charge in [0, 0.05) is 25.8 Å². The Bertz CT molecular complexity index is 771. The third kappa shape index (κ3) is 4.58. The van der Waals surface area contributed by atoms with Crippen LogP contribution in [0.3, 0.4) is 0 Å². The van der Waals surface area contributed by atoms with Crippen molar-refractivity contribution in [3.63, 3.8) is 0 Å². The SMILES string of the molecule is N#Cc1cccnc1NCCNC(=O)[C@@H]1CCCN1Cc1ccccc1. The number of nitrogens with zero attached hydrogens (tertiary/aromatic N) is 3.